The number of halogens is 1. The summed E-state index contributed by atoms with van der Waals surface area (Å²) in [6.45, 7) is 2.33. The molecule has 0 radical (unpaired) electrons. The van der Waals surface area contributed by atoms with E-state index in [9.17, 15) is 4.79 Å². The summed E-state index contributed by atoms with van der Waals surface area (Å²) >= 11 is 0. The van der Waals surface area contributed by atoms with Gasteiger partial charge in [-0.1, -0.05) is 6.08 Å². The molecule has 1 aliphatic heterocycles. The number of terminal acetylenes is 1. The zero-order valence-corrected chi connectivity index (χ0v) is 10.7. The van der Waals surface area contributed by atoms with Gasteiger partial charge in [-0.05, 0) is 5.92 Å². The molecule has 3 nitrogen and oxygen atoms in total. The molecule has 1 heterocycles. The maximum absolute atomic E-state index is 11.3. The van der Waals surface area contributed by atoms with Crippen LogP contribution in [0, 0.1) is 12.3 Å². The van der Waals surface area contributed by atoms with E-state index in [0.717, 1.165) is 23.0 Å². The lowest BCUT2D eigenvalue weighted by Crippen LogP contribution is -3.00. The summed E-state index contributed by atoms with van der Waals surface area (Å²) in [6.07, 6.45) is 8.14. The van der Waals surface area contributed by atoms with Gasteiger partial charge in [0, 0.05) is 6.42 Å². The van der Waals surface area contributed by atoms with Gasteiger partial charge < -0.3 is 26.2 Å². The first kappa shape index (κ1) is 14.2. The van der Waals surface area contributed by atoms with Gasteiger partial charge in [-0.25, -0.2) is 4.79 Å². The molecule has 0 saturated heterocycles. The summed E-state index contributed by atoms with van der Waals surface area (Å²) in [4.78, 5) is 11.3. The fourth-order valence-electron chi connectivity index (χ4n) is 1.74. The summed E-state index contributed by atoms with van der Waals surface area (Å²) in [5.41, 5.74) is 0.747. The molecule has 0 amide bonds. The lowest BCUT2D eigenvalue weighted by molar-refractivity contribution is -0.899. The van der Waals surface area contributed by atoms with Crippen LogP contribution in [0.15, 0.2) is 11.6 Å². The molecule has 1 unspecified atom stereocenters. The molecule has 0 N–H and O–H groups in total. The Labute approximate surface area is 101 Å². The van der Waals surface area contributed by atoms with E-state index in [2.05, 4.69) is 13.0 Å². The van der Waals surface area contributed by atoms with Crippen LogP contribution in [-0.4, -0.2) is 44.2 Å². The average Bonchev–Trinajstić information content (AvgIpc) is 2.16. The minimum Gasteiger partial charge on any atom is -1.00 e. The van der Waals surface area contributed by atoms with Crippen LogP contribution in [0.25, 0.3) is 0 Å². The topological polar surface area (TPSA) is 26.3 Å². The average molecular weight is 274 g/mol. The van der Waals surface area contributed by atoms with Gasteiger partial charge in [0.25, 0.3) is 0 Å². The molecule has 0 aromatic rings. The molecular formula is C11H16BrNO2. The van der Waals surface area contributed by atoms with Crippen LogP contribution in [0.1, 0.15) is 6.42 Å². The highest BCUT2D eigenvalue weighted by Gasteiger charge is 2.28. The number of rotatable bonds is 2. The Bertz CT molecular complexity index is 306. The van der Waals surface area contributed by atoms with Crippen LogP contribution in [0.3, 0.4) is 0 Å². The molecule has 0 aliphatic carbocycles. The number of nitrogens with zero attached hydrogens (tertiary/aromatic N) is 1. The SMILES string of the molecule is C#CC[N+]1(C)CCC=C(C(=O)OC)C1.[Br-]. The van der Waals surface area contributed by atoms with Gasteiger partial charge in [0.1, 0.15) is 13.1 Å². The van der Waals surface area contributed by atoms with Crippen molar-refractivity contribution >= 4 is 5.97 Å². The van der Waals surface area contributed by atoms with Crippen LogP contribution in [-0.2, 0) is 9.53 Å². The quantitative estimate of drug-likeness (QED) is 0.318. The molecule has 1 atom stereocenters. The second-order valence-corrected chi connectivity index (χ2v) is 3.87. The van der Waals surface area contributed by atoms with Crippen molar-refractivity contribution in [2.45, 2.75) is 6.42 Å². The van der Waals surface area contributed by atoms with Crippen molar-refractivity contribution in [1.82, 2.24) is 0 Å². The van der Waals surface area contributed by atoms with Crippen molar-refractivity contribution in [2.75, 3.05) is 33.8 Å². The molecule has 0 spiro atoms. The zero-order valence-electron chi connectivity index (χ0n) is 9.12. The monoisotopic (exact) mass is 273 g/mol. The number of carbonyl (C=O) groups is 1. The number of ether oxygens (including phenoxy) is 1. The van der Waals surface area contributed by atoms with Crippen LogP contribution < -0.4 is 17.0 Å². The molecule has 4 heteroatoms. The summed E-state index contributed by atoms with van der Waals surface area (Å²) in [6, 6.07) is 0. The lowest BCUT2D eigenvalue weighted by atomic mass is 10.1. The van der Waals surface area contributed by atoms with E-state index in [1.165, 1.54) is 7.11 Å². The summed E-state index contributed by atoms with van der Waals surface area (Å²) < 4.78 is 5.43. The first-order valence-corrected chi connectivity index (χ1v) is 4.66. The Kier molecular flexibility index (Phi) is 5.63. The summed E-state index contributed by atoms with van der Waals surface area (Å²) in [7, 11) is 3.47. The molecule has 1 rings (SSSR count). The molecule has 0 aromatic carbocycles. The highest BCUT2D eigenvalue weighted by Crippen LogP contribution is 2.16. The third-order valence-electron chi connectivity index (χ3n) is 2.53. The lowest BCUT2D eigenvalue weighted by Gasteiger charge is -2.35. The van der Waals surface area contributed by atoms with Crippen molar-refractivity contribution in [3.63, 3.8) is 0 Å². The Morgan fingerprint density at radius 2 is 2.40 bits per heavy atom. The van der Waals surface area contributed by atoms with E-state index >= 15 is 0 Å². The number of hydrogen-bond acceptors (Lipinski definition) is 2. The number of methoxy groups -OCH3 is 1. The van der Waals surface area contributed by atoms with Gasteiger partial charge in [0.2, 0.25) is 0 Å². The fourth-order valence-corrected chi connectivity index (χ4v) is 1.74. The summed E-state index contributed by atoms with van der Waals surface area (Å²) in [5, 5.41) is 0. The zero-order chi connectivity index (χ0) is 10.6. The van der Waals surface area contributed by atoms with Crippen molar-refractivity contribution in [1.29, 1.82) is 0 Å². The molecule has 1 aliphatic rings. The van der Waals surface area contributed by atoms with Gasteiger partial charge in [0.05, 0.1) is 26.3 Å². The van der Waals surface area contributed by atoms with E-state index in [4.69, 9.17) is 11.2 Å². The molecular weight excluding hydrogens is 258 g/mol. The third kappa shape index (κ3) is 3.69. The Morgan fingerprint density at radius 3 is 2.93 bits per heavy atom. The van der Waals surface area contributed by atoms with E-state index < -0.39 is 0 Å². The predicted octanol–water partition coefficient (Wildman–Crippen LogP) is -2.43. The van der Waals surface area contributed by atoms with Gasteiger partial charge in [-0.15, -0.1) is 6.42 Å². The van der Waals surface area contributed by atoms with Crippen LogP contribution in [0.2, 0.25) is 0 Å². The van der Waals surface area contributed by atoms with Crippen LogP contribution in [0.4, 0.5) is 0 Å². The van der Waals surface area contributed by atoms with Crippen molar-refractivity contribution in [3.8, 4) is 12.3 Å². The molecule has 0 fully saturated rings. The molecule has 84 valence electrons. The maximum Gasteiger partial charge on any atom is 0.339 e. The number of quaternary nitrogens is 1. The third-order valence-corrected chi connectivity index (χ3v) is 2.53. The van der Waals surface area contributed by atoms with Gasteiger partial charge in [-0.2, -0.15) is 0 Å². The first-order chi connectivity index (χ1) is 6.61. The Balaban J connectivity index is 0.00000196. The normalized spacial score (nSPS) is 24.5. The van der Waals surface area contributed by atoms with Gasteiger partial charge >= 0.3 is 5.97 Å². The minimum atomic E-state index is -0.230. The largest absolute Gasteiger partial charge is 1.00 e. The summed E-state index contributed by atoms with van der Waals surface area (Å²) in [5.74, 6) is 2.42. The van der Waals surface area contributed by atoms with Crippen LogP contribution in [0.5, 0.6) is 0 Å². The van der Waals surface area contributed by atoms with E-state index in [-0.39, 0.29) is 23.0 Å². The highest BCUT2D eigenvalue weighted by atomic mass is 79.9. The van der Waals surface area contributed by atoms with Crippen molar-refractivity contribution in [3.05, 3.63) is 11.6 Å². The van der Waals surface area contributed by atoms with E-state index in [1.54, 1.807) is 0 Å². The number of likely N-dealkylation sites (N-methyl/N-ethyl adjacent to an activating group) is 1. The number of hydrogen-bond donors (Lipinski definition) is 0. The molecule has 15 heavy (non-hydrogen) atoms. The standard InChI is InChI=1S/C11H16NO2.BrH/c1-4-7-12(2)8-5-6-10(9-12)11(13)14-3;/h1,6H,5,7-9H2,2-3H3;1H/q+1;/p-1. The number of esters is 1. The minimum absolute atomic E-state index is 0. The molecule has 0 bridgehead atoms. The second-order valence-electron chi connectivity index (χ2n) is 3.87. The van der Waals surface area contributed by atoms with Gasteiger partial charge in [0.15, 0.2) is 0 Å². The molecule has 0 saturated carbocycles. The second kappa shape index (κ2) is 5.94. The van der Waals surface area contributed by atoms with E-state index in [1.807, 2.05) is 6.08 Å². The fraction of sp³-hybridized carbons (Fsp3) is 0.545. The highest BCUT2D eigenvalue weighted by molar-refractivity contribution is 5.88. The van der Waals surface area contributed by atoms with Crippen molar-refractivity contribution < 1.29 is 31.0 Å². The maximum atomic E-state index is 11.3. The van der Waals surface area contributed by atoms with Crippen LogP contribution >= 0.6 is 0 Å². The van der Waals surface area contributed by atoms with Gasteiger partial charge in [-0.3, -0.25) is 0 Å². The first-order valence-electron chi connectivity index (χ1n) is 4.66. The van der Waals surface area contributed by atoms with Crippen molar-refractivity contribution in [2.24, 2.45) is 0 Å². The molecule has 0 aromatic heterocycles. The Hall–Kier alpha value is -0.790. The van der Waals surface area contributed by atoms with E-state index in [0.29, 0.717) is 13.1 Å². The number of carbonyl (C=O) groups excluding carboxylic acids is 1. The Morgan fingerprint density at radius 1 is 1.73 bits per heavy atom. The smallest absolute Gasteiger partial charge is 0.339 e. The predicted molar refractivity (Wildman–Crippen MR) is 54.3 cm³/mol.